The predicted octanol–water partition coefficient (Wildman–Crippen LogP) is 12.0. The lowest BCUT2D eigenvalue weighted by atomic mass is 10.0. The van der Waals surface area contributed by atoms with Gasteiger partial charge < -0.3 is 4.57 Å². The van der Waals surface area contributed by atoms with E-state index in [0.29, 0.717) is 17.5 Å². The summed E-state index contributed by atoms with van der Waals surface area (Å²) in [6, 6.07) is 59.6. The van der Waals surface area contributed by atoms with E-state index in [1.165, 1.54) is 42.0 Å². The lowest BCUT2D eigenvalue weighted by Crippen LogP contribution is -2.01. The number of hydrogen-bond acceptors (Lipinski definition) is 4. The lowest BCUT2D eigenvalue weighted by molar-refractivity contribution is 1.07. The molecule has 0 amide bonds. The summed E-state index contributed by atoms with van der Waals surface area (Å²) < 4.78 is 4.89. The highest BCUT2D eigenvalue weighted by Crippen LogP contribution is 2.43. The molecule has 50 heavy (non-hydrogen) atoms. The molecule has 0 unspecified atom stereocenters. The van der Waals surface area contributed by atoms with Crippen LogP contribution in [0.2, 0.25) is 0 Å². The molecule has 0 aliphatic carbocycles. The minimum absolute atomic E-state index is 0.637. The molecule has 5 heteroatoms. The summed E-state index contributed by atoms with van der Waals surface area (Å²) in [7, 11) is 0. The van der Waals surface area contributed by atoms with Gasteiger partial charge in [-0.3, -0.25) is 0 Å². The molecule has 10 aromatic rings. The van der Waals surface area contributed by atoms with E-state index in [-0.39, 0.29) is 0 Å². The first-order valence-electron chi connectivity index (χ1n) is 16.7. The molecule has 0 aliphatic rings. The van der Waals surface area contributed by atoms with Crippen LogP contribution in [-0.4, -0.2) is 19.5 Å². The molecule has 0 saturated carbocycles. The van der Waals surface area contributed by atoms with Crippen molar-refractivity contribution >= 4 is 53.3 Å². The first-order valence-corrected chi connectivity index (χ1v) is 17.5. The van der Waals surface area contributed by atoms with Crippen molar-refractivity contribution in [1.82, 2.24) is 19.5 Å². The molecule has 3 aromatic heterocycles. The summed E-state index contributed by atoms with van der Waals surface area (Å²) >= 11 is 1.83. The third kappa shape index (κ3) is 4.71. The van der Waals surface area contributed by atoms with E-state index < -0.39 is 0 Å². The zero-order valence-corrected chi connectivity index (χ0v) is 27.7. The number of aromatic nitrogens is 4. The highest BCUT2D eigenvalue weighted by atomic mass is 32.1. The average molecular weight is 657 g/mol. The van der Waals surface area contributed by atoms with Crippen molar-refractivity contribution in [1.29, 1.82) is 0 Å². The topological polar surface area (TPSA) is 43.6 Å². The zero-order valence-electron chi connectivity index (χ0n) is 26.9. The molecule has 0 N–H and O–H groups in total. The van der Waals surface area contributed by atoms with E-state index >= 15 is 0 Å². The Morgan fingerprint density at radius 2 is 0.880 bits per heavy atom. The van der Waals surface area contributed by atoms with Gasteiger partial charge in [-0.1, -0.05) is 133 Å². The second-order valence-electron chi connectivity index (χ2n) is 12.5. The zero-order chi connectivity index (χ0) is 33.0. The second-order valence-corrected chi connectivity index (χ2v) is 13.5. The van der Waals surface area contributed by atoms with Gasteiger partial charge in [0.05, 0.1) is 21.4 Å². The fourth-order valence-electron chi connectivity index (χ4n) is 7.11. The monoisotopic (exact) mass is 656 g/mol. The quantitative estimate of drug-likeness (QED) is 0.185. The van der Waals surface area contributed by atoms with Crippen molar-refractivity contribution in [2.45, 2.75) is 0 Å². The van der Waals surface area contributed by atoms with Crippen molar-refractivity contribution < 1.29 is 0 Å². The van der Waals surface area contributed by atoms with Crippen LogP contribution in [0.5, 0.6) is 0 Å². The van der Waals surface area contributed by atoms with Gasteiger partial charge in [-0.25, -0.2) is 15.0 Å². The van der Waals surface area contributed by atoms with Crippen LogP contribution < -0.4 is 0 Å². The average Bonchev–Trinajstić information content (AvgIpc) is 3.74. The van der Waals surface area contributed by atoms with Crippen LogP contribution in [0, 0.1) is 0 Å². The number of para-hydroxylation sites is 2. The van der Waals surface area contributed by atoms with Gasteiger partial charge in [0.15, 0.2) is 17.5 Å². The van der Waals surface area contributed by atoms with Gasteiger partial charge in [0.25, 0.3) is 0 Å². The molecule has 0 saturated heterocycles. The lowest BCUT2D eigenvalue weighted by Gasteiger charge is -2.13. The predicted molar refractivity (Wildman–Crippen MR) is 209 cm³/mol. The van der Waals surface area contributed by atoms with Gasteiger partial charge in [-0.05, 0) is 47.5 Å². The van der Waals surface area contributed by atoms with Crippen LogP contribution in [0.1, 0.15) is 0 Å². The third-order valence-electron chi connectivity index (χ3n) is 9.43. The first-order chi connectivity index (χ1) is 24.8. The molecule has 7 aromatic carbocycles. The molecule has 0 radical (unpaired) electrons. The molecule has 0 bridgehead atoms. The number of hydrogen-bond donors (Lipinski definition) is 0. The summed E-state index contributed by atoms with van der Waals surface area (Å²) in [6.07, 6.45) is 0. The van der Waals surface area contributed by atoms with E-state index in [9.17, 15) is 0 Å². The van der Waals surface area contributed by atoms with Crippen LogP contribution in [0.15, 0.2) is 170 Å². The Hall–Kier alpha value is -6.43. The minimum atomic E-state index is 0.637. The van der Waals surface area contributed by atoms with Gasteiger partial charge in [-0.15, -0.1) is 11.3 Å². The molecule has 0 aliphatic heterocycles. The van der Waals surface area contributed by atoms with Crippen molar-refractivity contribution in [3.05, 3.63) is 170 Å². The van der Waals surface area contributed by atoms with Crippen LogP contribution in [0.3, 0.4) is 0 Å². The molecule has 0 spiro atoms. The Morgan fingerprint density at radius 3 is 1.58 bits per heavy atom. The Kier molecular flexibility index (Phi) is 6.64. The van der Waals surface area contributed by atoms with Crippen LogP contribution in [0.4, 0.5) is 0 Å². The largest absolute Gasteiger partial charge is 0.308 e. The standard InChI is InChI=1S/C45H28N4S/c1-3-14-29(15-4-1)31-18-13-19-32(26-31)44-46-43(30-16-5-2-6-17-30)47-45(48-44)33-27-37-36-22-9-12-25-41(36)50-42(37)40(28-33)49-38-23-10-7-20-34(38)35-21-8-11-24-39(35)49/h1-28H. The molecule has 3 heterocycles. The Balaban J connectivity index is 1.26. The van der Waals surface area contributed by atoms with E-state index in [4.69, 9.17) is 15.0 Å². The molecule has 0 atom stereocenters. The molecular weight excluding hydrogens is 629 g/mol. The number of benzene rings is 7. The molecule has 10 rings (SSSR count). The van der Waals surface area contributed by atoms with Crippen molar-refractivity contribution in [2.75, 3.05) is 0 Å². The Labute approximate surface area is 292 Å². The molecule has 4 nitrogen and oxygen atoms in total. The Bertz CT molecular complexity index is 2820. The number of rotatable bonds is 5. The maximum absolute atomic E-state index is 5.22. The smallest absolute Gasteiger partial charge is 0.164 e. The summed E-state index contributed by atoms with van der Waals surface area (Å²) in [4.78, 5) is 15.5. The summed E-state index contributed by atoms with van der Waals surface area (Å²) in [5, 5.41) is 4.88. The van der Waals surface area contributed by atoms with E-state index in [1.54, 1.807) is 0 Å². The van der Waals surface area contributed by atoms with Gasteiger partial charge >= 0.3 is 0 Å². The maximum Gasteiger partial charge on any atom is 0.164 e. The van der Waals surface area contributed by atoms with Crippen molar-refractivity contribution in [2.24, 2.45) is 0 Å². The molecular formula is C45H28N4S. The highest BCUT2D eigenvalue weighted by Gasteiger charge is 2.20. The number of thiophene rings is 1. The SMILES string of the molecule is c1ccc(-c2cccc(-c3nc(-c4ccccc4)nc(-c4cc(-n5c6ccccc6c6ccccc65)c5sc6ccccc6c5c4)n3)c2)cc1. The van der Waals surface area contributed by atoms with Crippen molar-refractivity contribution in [3.8, 4) is 51.0 Å². The van der Waals surface area contributed by atoms with Crippen LogP contribution in [0.25, 0.3) is 93.0 Å². The van der Waals surface area contributed by atoms with E-state index in [0.717, 1.165) is 33.5 Å². The normalized spacial score (nSPS) is 11.6. The van der Waals surface area contributed by atoms with Gasteiger partial charge in [0.2, 0.25) is 0 Å². The van der Waals surface area contributed by atoms with Crippen molar-refractivity contribution in [3.63, 3.8) is 0 Å². The highest BCUT2D eigenvalue weighted by molar-refractivity contribution is 7.26. The second kappa shape index (κ2) is 11.6. The van der Waals surface area contributed by atoms with Crippen LogP contribution >= 0.6 is 11.3 Å². The van der Waals surface area contributed by atoms with Gasteiger partial charge in [-0.2, -0.15) is 0 Å². The van der Waals surface area contributed by atoms with Gasteiger partial charge in [0.1, 0.15) is 0 Å². The summed E-state index contributed by atoms with van der Waals surface area (Å²) in [6.45, 7) is 0. The summed E-state index contributed by atoms with van der Waals surface area (Å²) in [5.74, 6) is 1.92. The first kappa shape index (κ1) is 28.6. The minimum Gasteiger partial charge on any atom is -0.308 e. The fourth-order valence-corrected chi connectivity index (χ4v) is 8.29. The number of nitrogens with zero attached hydrogens (tertiary/aromatic N) is 4. The molecule has 0 fully saturated rings. The summed E-state index contributed by atoms with van der Waals surface area (Å²) in [5.41, 5.74) is 8.55. The van der Waals surface area contributed by atoms with Gasteiger partial charge in [0, 0.05) is 42.9 Å². The van der Waals surface area contributed by atoms with E-state index in [2.05, 4.69) is 150 Å². The fraction of sp³-hybridized carbons (Fsp3) is 0. The Morgan fingerprint density at radius 1 is 0.360 bits per heavy atom. The molecule has 234 valence electrons. The third-order valence-corrected chi connectivity index (χ3v) is 10.6. The van der Waals surface area contributed by atoms with E-state index in [1.807, 2.05) is 35.6 Å². The maximum atomic E-state index is 5.22. The number of fused-ring (bicyclic) bond motifs is 6. The van der Waals surface area contributed by atoms with Crippen LogP contribution in [-0.2, 0) is 0 Å².